The molecule has 3 fully saturated rings. The van der Waals surface area contributed by atoms with E-state index in [1.807, 2.05) is 34.9 Å². The summed E-state index contributed by atoms with van der Waals surface area (Å²) in [5.74, 6) is 2.81. The van der Waals surface area contributed by atoms with Crippen LogP contribution in [0.4, 0.5) is 0 Å². The summed E-state index contributed by atoms with van der Waals surface area (Å²) in [7, 11) is 0. The third-order valence-electron chi connectivity index (χ3n) is 5.48. The number of aromatic nitrogens is 1. The maximum Gasteiger partial charge on any atom is 0.225 e. The Hall–Kier alpha value is -1.11. The highest BCUT2D eigenvalue weighted by molar-refractivity contribution is 7.99. The largest absolute Gasteiger partial charge is 0.372 e. The van der Waals surface area contributed by atoms with Crippen LogP contribution in [0.3, 0.4) is 0 Å². The first-order valence-electron chi connectivity index (χ1n) is 9.26. The Kier molecular flexibility index (Phi) is 5.29. The molecule has 136 valence electrons. The molecule has 0 aliphatic carbocycles. The number of hydrogen-bond donors (Lipinski definition) is 0. The van der Waals surface area contributed by atoms with Crippen LogP contribution in [0.2, 0.25) is 0 Å². The van der Waals surface area contributed by atoms with Gasteiger partial charge >= 0.3 is 0 Å². The first-order valence-corrected chi connectivity index (χ1v) is 10.4. The minimum absolute atomic E-state index is 0.174. The number of ether oxygens (including phenoxy) is 2. The van der Waals surface area contributed by atoms with Crippen molar-refractivity contribution in [1.82, 2.24) is 9.88 Å². The summed E-state index contributed by atoms with van der Waals surface area (Å²) in [6.45, 7) is 2.73. The molecule has 1 unspecified atom stereocenters. The maximum absolute atomic E-state index is 12.6. The average Bonchev–Trinajstić information content (AvgIpc) is 2.65. The van der Waals surface area contributed by atoms with Crippen LogP contribution in [0.1, 0.15) is 31.4 Å². The van der Waals surface area contributed by atoms with Crippen molar-refractivity contribution >= 4 is 17.7 Å². The van der Waals surface area contributed by atoms with Gasteiger partial charge in [-0.05, 0) is 42.9 Å². The van der Waals surface area contributed by atoms with Crippen LogP contribution >= 0.6 is 11.8 Å². The molecule has 3 saturated heterocycles. The van der Waals surface area contributed by atoms with Crippen LogP contribution in [0.15, 0.2) is 24.4 Å². The lowest BCUT2D eigenvalue weighted by molar-refractivity contribution is -0.204. The molecule has 1 amide bonds. The molecule has 0 saturated carbocycles. The predicted octanol–water partition coefficient (Wildman–Crippen LogP) is 2.50. The molecule has 0 aromatic carbocycles. The van der Waals surface area contributed by atoms with Gasteiger partial charge in [-0.3, -0.25) is 9.78 Å². The van der Waals surface area contributed by atoms with Crippen molar-refractivity contribution in [3.8, 4) is 0 Å². The van der Waals surface area contributed by atoms with E-state index in [4.69, 9.17) is 9.47 Å². The zero-order valence-corrected chi connectivity index (χ0v) is 15.4. The van der Waals surface area contributed by atoms with Crippen molar-refractivity contribution < 1.29 is 14.3 Å². The third-order valence-corrected chi connectivity index (χ3v) is 6.53. The lowest BCUT2D eigenvalue weighted by Gasteiger charge is -2.53. The lowest BCUT2D eigenvalue weighted by Crippen LogP contribution is -2.68. The van der Waals surface area contributed by atoms with Gasteiger partial charge in [0.05, 0.1) is 31.5 Å². The molecule has 3 aliphatic rings. The third kappa shape index (κ3) is 4.01. The summed E-state index contributed by atoms with van der Waals surface area (Å²) in [4.78, 5) is 18.9. The first-order chi connectivity index (χ1) is 12.2. The SMILES string of the molecule is O=C(C1CCSCC1)N1CC2(CC(OCc3ccccn3)CCO2)C1. The van der Waals surface area contributed by atoms with E-state index in [9.17, 15) is 4.79 Å². The second-order valence-electron chi connectivity index (χ2n) is 7.36. The summed E-state index contributed by atoms with van der Waals surface area (Å²) in [6, 6.07) is 5.88. The van der Waals surface area contributed by atoms with Crippen LogP contribution in [0.5, 0.6) is 0 Å². The lowest BCUT2D eigenvalue weighted by atomic mass is 9.83. The zero-order chi connectivity index (χ0) is 17.1. The van der Waals surface area contributed by atoms with E-state index < -0.39 is 0 Å². The zero-order valence-electron chi connectivity index (χ0n) is 14.6. The number of carbonyl (C=O) groups excluding carboxylic acids is 1. The molecule has 5 nitrogen and oxygen atoms in total. The van der Waals surface area contributed by atoms with Gasteiger partial charge in [0.25, 0.3) is 0 Å². The van der Waals surface area contributed by atoms with Crippen LogP contribution in [0, 0.1) is 5.92 Å². The van der Waals surface area contributed by atoms with E-state index in [0.717, 1.165) is 62.6 Å². The summed E-state index contributed by atoms with van der Waals surface area (Å²) >= 11 is 1.96. The topological polar surface area (TPSA) is 51.7 Å². The normalized spacial score (nSPS) is 26.4. The Morgan fingerprint density at radius 2 is 2.16 bits per heavy atom. The van der Waals surface area contributed by atoms with Gasteiger partial charge in [0.2, 0.25) is 5.91 Å². The van der Waals surface area contributed by atoms with E-state index in [1.54, 1.807) is 6.20 Å². The van der Waals surface area contributed by atoms with Crippen LogP contribution in [0.25, 0.3) is 0 Å². The second kappa shape index (κ2) is 7.64. The van der Waals surface area contributed by atoms with E-state index in [-0.39, 0.29) is 17.6 Å². The molecule has 6 heteroatoms. The van der Waals surface area contributed by atoms with Crippen LogP contribution in [-0.4, -0.2) is 58.7 Å². The number of pyridine rings is 1. The highest BCUT2D eigenvalue weighted by Gasteiger charge is 2.50. The molecular formula is C19H26N2O3S. The van der Waals surface area contributed by atoms with Crippen molar-refractivity contribution in [2.24, 2.45) is 5.92 Å². The van der Waals surface area contributed by atoms with Gasteiger partial charge in [0.15, 0.2) is 0 Å². The number of likely N-dealkylation sites (tertiary alicyclic amines) is 1. The summed E-state index contributed by atoms with van der Waals surface area (Å²) in [5, 5.41) is 0. The van der Waals surface area contributed by atoms with Crippen molar-refractivity contribution in [1.29, 1.82) is 0 Å². The highest BCUT2D eigenvalue weighted by atomic mass is 32.2. The Labute approximate surface area is 153 Å². The Morgan fingerprint density at radius 3 is 2.92 bits per heavy atom. The fraction of sp³-hybridized carbons (Fsp3) is 0.684. The molecule has 4 rings (SSSR count). The average molecular weight is 362 g/mol. The fourth-order valence-electron chi connectivity index (χ4n) is 4.04. The van der Waals surface area contributed by atoms with Crippen molar-refractivity contribution in [2.75, 3.05) is 31.2 Å². The van der Waals surface area contributed by atoms with Gasteiger partial charge in [-0.15, -0.1) is 0 Å². The molecule has 1 aromatic heterocycles. The predicted molar refractivity (Wildman–Crippen MR) is 97.4 cm³/mol. The molecule has 0 bridgehead atoms. The molecule has 3 aliphatic heterocycles. The number of amides is 1. The number of rotatable bonds is 4. The number of thioether (sulfide) groups is 1. The molecule has 25 heavy (non-hydrogen) atoms. The van der Waals surface area contributed by atoms with Gasteiger partial charge < -0.3 is 14.4 Å². The number of carbonyl (C=O) groups is 1. The molecular weight excluding hydrogens is 336 g/mol. The molecule has 1 aromatic rings. The van der Waals surface area contributed by atoms with E-state index in [1.165, 1.54) is 0 Å². The monoisotopic (exact) mass is 362 g/mol. The van der Waals surface area contributed by atoms with E-state index >= 15 is 0 Å². The quantitative estimate of drug-likeness (QED) is 0.824. The Morgan fingerprint density at radius 1 is 1.32 bits per heavy atom. The first kappa shape index (κ1) is 17.3. The van der Waals surface area contributed by atoms with E-state index in [2.05, 4.69) is 4.98 Å². The molecule has 4 heterocycles. The van der Waals surface area contributed by atoms with Crippen molar-refractivity contribution in [2.45, 2.75) is 44.0 Å². The van der Waals surface area contributed by atoms with Crippen LogP contribution < -0.4 is 0 Å². The van der Waals surface area contributed by atoms with Gasteiger partial charge in [0.1, 0.15) is 5.60 Å². The minimum Gasteiger partial charge on any atom is -0.372 e. The molecule has 0 radical (unpaired) electrons. The van der Waals surface area contributed by atoms with E-state index in [0.29, 0.717) is 12.5 Å². The molecule has 1 atom stereocenters. The van der Waals surface area contributed by atoms with Gasteiger partial charge in [0, 0.05) is 25.1 Å². The van der Waals surface area contributed by atoms with Gasteiger partial charge in [-0.1, -0.05) is 6.07 Å². The van der Waals surface area contributed by atoms with Gasteiger partial charge in [-0.25, -0.2) is 0 Å². The summed E-state index contributed by atoms with van der Waals surface area (Å²) in [5.41, 5.74) is 0.787. The van der Waals surface area contributed by atoms with Gasteiger partial charge in [-0.2, -0.15) is 11.8 Å². The molecule has 1 spiro atoms. The summed E-state index contributed by atoms with van der Waals surface area (Å²) in [6.07, 6.45) is 5.85. The number of hydrogen-bond acceptors (Lipinski definition) is 5. The summed E-state index contributed by atoms with van der Waals surface area (Å²) < 4.78 is 12.1. The molecule has 0 N–H and O–H groups in total. The standard InChI is InChI=1S/C19H26N2O3S/c22-18(15-5-9-25-10-6-15)21-13-19(14-21)11-17(4-8-24-19)23-12-16-3-1-2-7-20-16/h1-3,7,15,17H,4-6,8-14H2. The van der Waals surface area contributed by atoms with Crippen molar-refractivity contribution in [3.63, 3.8) is 0 Å². The van der Waals surface area contributed by atoms with Crippen LogP contribution in [-0.2, 0) is 20.9 Å². The van der Waals surface area contributed by atoms with Crippen molar-refractivity contribution in [3.05, 3.63) is 30.1 Å². The fourth-order valence-corrected chi connectivity index (χ4v) is 5.15. The second-order valence-corrected chi connectivity index (χ2v) is 8.58. The maximum atomic E-state index is 12.6. The Bertz CT molecular complexity index is 586. The smallest absolute Gasteiger partial charge is 0.225 e. The number of nitrogens with zero attached hydrogens (tertiary/aromatic N) is 2. The highest BCUT2D eigenvalue weighted by Crippen LogP contribution is 2.37. The minimum atomic E-state index is -0.174. The Balaban J connectivity index is 1.26.